The largest absolute Gasteiger partial charge is 0.516 e. The number of hydrogen-bond acceptors (Lipinski definition) is 6. The molecule has 0 N–H and O–H groups in total. The number of nitrogens with zero attached hydrogens (tertiary/aromatic N) is 1. The second kappa shape index (κ2) is 9.10. The van der Waals surface area contributed by atoms with Crippen molar-refractivity contribution in [3.8, 4) is 17.4 Å². The Morgan fingerprint density at radius 2 is 1.77 bits per heavy atom. The molecule has 0 saturated carbocycles. The summed E-state index contributed by atoms with van der Waals surface area (Å²) in [6.45, 7) is 0.138. The molecule has 0 amide bonds. The Bertz CT molecular complexity index is 834. The first kappa shape index (κ1) is 18.1. The fourth-order valence-electron chi connectivity index (χ4n) is 2.30. The van der Waals surface area contributed by atoms with E-state index in [2.05, 4.69) is 4.98 Å². The minimum Gasteiger partial charge on any atom is -0.429 e. The first-order valence-electron chi connectivity index (χ1n) is 8.19. The predicted octanol–water partition coefficient (Wildman–Crippen LogP) is 4.96. The lowest BCUT2D eigenvalue weighted by Crippen LogP contribution is -2.11. The standard InChI is InChI=1S/C20H19NO4S/c1-26-13-12-17-19(24-18(21-17)16-10-6-3-7-11-16)25-20(22)23-14-15-8-4-2-5-9-15/h2-11H,12-14H2,1H3. The highest BCUT2D eigenvalue weighted by molar-refractivity contribution is 7.98. The van der Waals surface area contributed by atoms with Gasteiger partial charge in [0.25, 0.3) is 0 Å². The molecule has 0 aliphatic heterocycles. The van der Waals surface area contributed by atoms with E-state index in [1.807, 2.05) is 66.9 Å². The Kier molecular flexibility index (Phi) is 6.33. The summed E-state index contributed by atoms with van der Waals surface area (Å²) in [7, 11) is 0. The Balaban J connectivity index is 1.70. The minimum absolute atomic E-state index is 0.0935. The van der Waals surface area contributed by atoms with Crippen LogP contribution in [0, 0.1) is 0 Å². The summed E-state index contributed by atoms with van der Waals surface area (Å²) in [6, 6.07) is 18.9. The van der Waals surface area contributed by atoms with Gasteiger partial charge < -0.3 is 13.9 Å². The topological polar surface area (TPSA) is 61.6 Å². The van der Waals surface area contributed by atoms with Crippen molar-refractivity contribution in [2.45, 2.75) is 13.0 Å². The molecule has 0 spiro atoms. The van der Waals surface area contributed by atoms with Crippen LogP contribution in [0.4, 0.5) is 4.79 Å². The van der Waals surface area contributed by atoms with Gasteiger partial charge in [0.15, 0.2) is 0 Å². The number of oxazole rings is 1. The van der Waals surface area contributed by atoms with Crippen LogP contribution in [0.25, 0.3) is 11.5 Å². The number of rotatable bonds is 7. The molecular formula is C20H19NO4S. The first-order valence-corrected chi connectivity index (χ1v) is 9.58. The van der Waals surface area contributed by atoms with E-state index in [9.17, 15) is 4.79 Å². The van der Waals surface area contributed by atoms with Gasteiger partial charge >= 0.3 is 12.1 Å². The average molecular weight is 369 g/mol. The van der Waals surface area contributed by atoms with E-state index in [-0.39, 0.29) is 12.6 Å². The van der Waals surface area contributed by atoms with Gasteiger partial charge in [0.1, 0.15) is 12.3 Å². The molecule has 5 nitrogen and oxygen atoms in total. The van der Waals surface area contributed by atoms with Gasteiger partial charge in [-0.25, -0.2) is 9.78 Å². The van der Waals surface area contributed by atoms with Crippen LogP contribution < -0.4 is 4.74 Å². The lowest BCUT2D eigenvalue weighted by Gasteiger charge is -2.04. The van der Waals surface area contributed by atoms with E-state index in [4.69, 9.17) is 13.9 Å². The molecule has 0 unspecified atom stereocenters. The van der Waals surface area contributed by atoms with E-state index >= 15 is 0 Å². The summed E-state index contributed by atoms with van der Waals surface area (Å²) in [4.78, 5) is 16.5. The lowest BCUT2D eigenvalue weighted by molar-refractivity contribution is 0.0840. The van der Waals surface area contributed by atoms with Crippen LogP contribution in [-0.2, 0) is 17.8 Å². The molecular weight excluding hydrogens is 350 g/mol. The van der Waals surface area contributed by atoms with E-state index in [1.165, 1.54) is 0 Å². The number of benzene rings is 2. The quantitative estimate of drug-likeness (QED) is 0.548. The highest BCUT2D eigenvalue weighted by Crippen LogP contribution is 2.28. The van der Waals surface area contributed by atoms with Crippen molar-refractivity contribution in [3.05, 3.63) is 71.9 Å². The van der Waals surface area contributed by atoms with Gasteiger partial charge in [-0.05, 0) is 29.7 Å². The second-order valence-electron chi connectivity index (χ2n) is 5.49. The zero-order chi connectivity index (χ0) is 18.2. The van der Waals surface area contributed by atoms with Crippen molar-refractivity contribution in [1.82, 2.24) is 4.98 Å². The molecule has 0 fully saturated rings. The van der Waals surface area contributed by atoms with Gasteiger partial charge in [-0.3, -0.25) is 0 Å². The highest BCUT2D eigenvalue weighted by Gasteiger charge is 2.19. The molecule has 0 aliphatic rings. The Morgan fingerprint density at radius 3 is 2.46 bits per heavy atom. The molecule has 26 heavy (non-hydrogen) atoms. The smallest absolute Gasteiger partial charge is 0.429 e. The van der Waals surface area contributed by atoms with E-state index in [0.29, 0.717) is 18.0 Å². The number of hydrogen-bond donors (Lipinski definition) is 0. The molecule has 2 aromatic carbocycles. The second-order valence-corrected chi connectivity index (χ2v) is 6.47. The van der Waals surface area contributed by atoms with E-state index in [0.717, 1.165) is 16.9 Å². The van der Waals surface area contributed by atoms with Crippen molar-refractivity contribution in [3.63, 3.8) is 0 Å². The predicted molar refractivity (Wildman–Crippen MR) is 101 cm³/mol. The number of ether oxygens (including phenoxy) is 2. The maximum Gasteiger partial charge on any atom is 0.516 e. The van der Waals surface area contributed by atoms with Gasteiger partial charge in [0.2, 0.25) is 5.89 Å². The third-order valence-corrected chi connectivity index (χ3v) is 4.21. The summed E-state index contributed by atoms with van der Waals surface area (Å²) in [5.74, 6) is 1.36. The molecule has 0 aliphatic carbocycles. The van der Waals surface area contributed by atoms with Crippen molar-refractivity contribution in [1.29, 1.82) is 0 Å². The fraction of sp³-hybridized carbons (Fsp3) is 0.200. The Labute approximate surface area is 156 Å². The number of carbonyl (C=O) groups excluding carboxylic acids is 1. The van der Waals surface area contributed by atoms with Crippen LogP contribution >= 0.6 is 11.8 Å². The summed E-state index contributed by atoms with van der Waals surface area (Å²) in [5, 5.41) is 0. The molecule has 3 aromatic rings. The maximum atomic E-state index is 12.0. The molecule has 0 bridgehead atoms. The minimum atomic E-state index is -0.810. The van der Waals surface area contributed by atoms with E-state index in [1.54, 1.807) is 11.8 Å². The third-order valence-electron chi connectivity index (χ3n) is 3.60. The summed E-state index contributed by atoms with van der Waals surface area (Å²) >= 11 is 1.68. The van der Waals surface area contributed by atoms with Crippen LogP contribution in [0.2, 0.25) is 0 Å². The average Bonchev–Trinajstić information content (AvgIpc) is 3.09. The Morgan fingerprint density at radius 1 is 1.08 bits per heavy atom. The van der Waals surface area contributed by atoms with E-state index < -0.39 is 6.16 Å². The number of thioether (sulfide) groups is 1. The van der Waals surface area contributed by atoms with Crippen LogP contribution in [0.1, 0.15) is 11.3 Å². The molecule has 6 heteroatoms. The summed E-state index contributed by atoms with van der Waals surface area (Å²) in [5.41, 5.74) is 2.31. The lowest BCUT2D eigenvalue weighted by atomic mass is 10.2. The normalized spacial score (nSPS) is 10.5. The van der Waals surface area contributed by atoms with Crippen LogP contribution in [-0.4, -0.2) is 23.1 Å². The maximum absolute atomic E-state index is 12.0. The highest BCUT2D eigenvalue weighted by atomic mass is 32.2. The number of aromatic nitrogens is 1. The molecule has 134 valence electrons. The summed E-state index contributed by atoms with van der Waals surface area (Å²) in [6.07, 6.45) is 1.83. The molecule has 1 heterocycles. The zero-order valence-corrected chi connectivity index (χ0v) is 15.2. The van der Waals surface area contributed by atoms with Crippen molar-refractivity contribution < 1.29 is 18.7 Å². The SMILES string of the molecule is CSCCc1nc(-c2ccccc2)oc1OC(=O)OCc1ccccc1. The molecule has 1 aromatic heterocycles. The van der Waals surface area contributed by atoms with Gasteiger partial charge in [-0.2, -0.15) is 11.8 Å². The summed E-state index contributed by atoms with van der Waals surface area (Å²) < 4.78 is 16.1. The van der Waals surface area contributed by atoms with Crippen LogP contribution in [0.3, 0.4) is 0 Å². The number of aryl methyl sites for hydroxylation is 1. The van der Waals surface area contributed by atoms with Crippen molar-refractivity contribution in [2.75, 3.05) is 12.0 Å². The number of carbonyl (C=O) groups is 1. The fourth-order valence-corrected chi connectivity index (χ4v) is 2.70. The first-order chi connectivity index (χ1) is 12.8. The third kappa shape index (κ3) is 4.89. The van der Waals surface area contributed by atoms with Gasteiger partial charge in [0, 0.05) is 12.0 Å². The monoisotopic (exact) mass is 369 g/mol. The van der Waals surface area contributed by atoms with Gasteiger partial charge in [-0.1, -0.05) is 48.5 Å². The molecule has 0 saturated heterocycles. The molecule has 0 atom stereocenters. The molecule has 0 radical (unpaired) electrons. The van der Waals surface area contributed by atoms with Gasteiger partial charge in [0.05, 0.1) is 0 Å². The van der Waals surface area contributed by atoms with Crippen molar-refractivity contribution in [2.24, 2.45) is 0 Å². The van der Waals surface area contributed by atoms with Crippen LogP contribution in [0.15, 0.2) is 65.1 Å². The molecule has 3 rings (SSSR count). The van der Waals surface area contributed by atoms with Crippen LogP contribution in [0.5, 0.6) is 5.95 Å². The Hall–Kier alpha value is -2.73. The van der Waals surface area contributed by atoms with Crippen molar-refractivity contribution >= 4 is 17.9 Å². The zero-order valence-electron chi connectivity index (χ0n) is 14.4. The van der Waals surface area contributed by atoms with Gasteiger partial charge in [-0.15, -0.1) is 0 Å².